The maximum atomic E-state index is 12.7. The van der Waals surface area contributed by atoms with Gasteiger partial charge in [-0.2, -0.15) is 0 Å². The van der Waals surface area contributed by atoms with Crippen molar-refractivity contribution in [3.8, 4) is 11.3 Å². The lowest BCUT2D eigenvalue weighted by atomic mass is 10.1. The quantitative estimate of drug-likeness (QED) is 0.460. The van der Waals surface area contributed by atoms with E-state index in [0.717, 1.165) is 5.56 Å². The third-order valence-electron chi connectivity index (χ3n) is 4.93. The summed E-state index contributed by atoms with van der Waals surface area (Å²) in [6.45, 7) is 1.83. The summed E-state index contributed by atoms with van der Waals surface area (Å²) in [7, 11) is -3.40. The van der Waals surface area contributed by atoms with E-state index in [1.807, 2.05) is 6.92 Å². The lowest BCUT2D eigenvalue weighted by Crippen LogP contribution is -2.34. The number of nitro groups is 1. The van der Waals surface area contributed by atoms with E-state index in [-0.39, 0.29) is 17.6 Å². The molecular weight excluding hydrogens is 440 g/mol. The molecule has 0 bridgehead atoms. The van der Waals surface area contributed by atoms with Crippen molar-refractivity contribution in [3.63, 3.8) is 0 Å². The van der Waals surface area contributed by atoms with Crippen LogP contribution < -0.4 is 9.62 Å². The molecule has 31 heavy (non-hydrogen) atoms. The van der Waals surface area contributed by atoms with Crippen LogP contribution in [0.15, 0.2) is 47.8 Å². The fraction of sp³-hybridized carbons (Fsp3) is 0.200. The Hall–Kier alpha value is -3.31. The molecular formula is C20H18N4O5S2. The summed E-state index contributed by atoms with van der Waals surface area (Å²) in [6.07, 6.45) is 1.69. The molecule has 160 valence electrons. The third kappa shape index (κ3) is 4.14. The molecule has 0 saturated carbocycles. The van der Waals surface area contributed by atoms with Crippen molar-refractivity contribution in [2.75, 3.05) is 15.9 Å². The van der Waals surface area contributed by atoms with Gasteiger partial charge in [0.05, 0.1) is 22.6 Å². The maximum absolute atomic E-state index is 12.7. The van der Waals surface area contributed by atoms with Crippen molar-refractivity contribution in [1.82, 2.24) is 4.98 Å². The zero-order valence-electron chi connectivity index (χ0n) is 16.6. The number of non-ortho nitro benzene ring substituents is 1. The van der Waals surface area contributed by atoms with Gasteiger partial charge in [-0.15, -0.1) is 11.3 Å². The van der Waals surface area contributed by atoms with Crippen molar-refractivity contribution in [3.05, 3.63) is 69.1 Å². The van der Waals surface area contributed by atoms with Gasteiger partial charge in [0.2, 0.25) is 10.0 Å². The number of hydrogen-bond donors (Lipinski definition) is 1. The fourth-order valence-electron chi connectivity index (χ4n) is 3.66. The van der Waals surface area contributed by atoms with E-state index in [1.54, 1.807) is 35.7 Å². The molecule has 0 fully saturated rings. The van der Waals surface area contributed by atoms with Crippen LogP contribution in [0.25, 0.3) is 11.3 Å². The average molecular weight is 459 g/mol. The molecule has 4 rings (SSSR count). The van der Waals surface area contributed by atoms with Crippen LogP contribution >= 0.6 is 11.3 Å². The second-order valence-corrected chi connectivity index (χ2v) is 9.97. The Kier molecular flexibility index (Phi) is 5.23. The Morgan fingerprint density at radius 1 is 1.29 bits per heavy atom. The number of hydrogen-bond acceptors (Lipinski definition) is 7. The van der Waals surface area contributed by atoms with E-state index in [2.05, 4.69) is 10.3 Å². The van der Waals surface area contributed by atoms with Gasteiger partial charge in [0.25, 0.3) is 11.6 Å². The van der Waals surface area contributed by atoms with Crippen molar-refractivity contribution in [2.24, 2.45) is 0 Å². The van der Waals surface area contributed by atoms with E-state index in [4.69, 9.17) is 0 Å². The van der Waals surface area contributed by atoms with E-state index in [0.29, 0.717) is 34.1 Å². The Morgan fingerprint density at radius 3 is 2.77 bits per heavy atom. The number of benzene rings is 2. The highest BCUT2D eigenvalue weighted by Crippen LogP contribution is 2.35. The number of fused-ring (bicyclic) bond motifs is 1. The van der Waals surface area contributed by atoms with Crippen LogP contribution in [0.2, 0.25) is 0 Å². The molecule has 1 amide bonds. The number of carbonyl (C=O) groups excluding carboxylic acids is 1. The van der Waals surface area contributed by atoms with Crippen LogP contribution in [0.3, 0.4) is 0 Å². The van der Waals surface area contributed by atoms with Crippen molar-refractivity contribution < 1.29 is 18.1 Å². The molecule has 1 atom stereocenters. The van der Waals surface area contributed by atoms with E-state index in [9.17, 15) is 23.3 Å². The van der Waals surface area contributed by atoms with E-state index < -0.39 is 14.9 Å². The lowest BCUT2D eigenvalue weighted by Gasteiger charge is -2.21. The molecule has 1 aliphatic heterocycles. The van der Waals surface area contributed by atoms with Crippen LogP contribution in [0.4, 0.5) is 16.5 Å². The molecule has 9 nitrogen and oxygen atoms in total. The fourth-order valence-corrected chi connectivity index (χ4v) is 5.64. The molecule has 1 aromatic heterocycles. The first kappa shape index (κ1) is 20.9. The SMILES string of the molecule is C[C@@H]1Cc2cc(C(=O)Nc3nc(-c4cccc([N+](=O)[O-])c4)cs3)ccc2N1S(C)(=O)=O. The molecule has 0 saturated heterocycles. The van der Waals surface area contributed by atoms with Gasteiger partial charge in [-0.1, -0.05) is 12.1 Å². The highest BCUT2D eigenvalue weighted by Gasteiger charge is 2.32. The van der Waals surface area contributed by atoms with Gasteiger partial charge in [-0.3, -0.25) is 24.5 Å². The normalized spacial score (nSPS) is 15.5. The number of rotatable bonds is 5. The summed E-state index contributed by atoms with van der Waals surface area (Å²) in [5.74, 6) is -0.367. The van der Waals surface area contributed by atoms with Crippen LogP contribution in [0.5, 0.6) is 0 Å². The molecule has 0 spiro atoms. The second-order valence-electron chi connectivity index (χ2n) is 7.25. The first-order valence-corrected chi connectivity index (χ1v) is 12.0. The first-order chi connectivity index (χ1) is 14.6. The lowest BCUT2D eigenvalue weighted by molar-refractivity contribution is -0.384. The van der Waals surface area contributed by atoms with Gasteiger partial charge < -0.3 is 0 Å². The number of nitro benzene ring substituents is 1. The number of nitrogens with one attached hydrogen (secondary N) is 1. The number of anilines is 2. The van der Waals surface area contributed by atoms with Crippen molar-refractivity contribution >= 4 is 43.8 Å². The topological polar surface area (TPSA) is 123 Å². The summed E-state index contributed by atoms with van der Waals surface area (Å²) in [4.78, 5) is 27.5. The summed E-state index contributed by atoms with van der Waals surface area (Å²) in [5, 5.41) is 15.8. The first-order valence-electron chi connectivity index (χ1n) is 9.27. The highest BCUT2D eigenvalue weighted by molar-refractivity contribution is 7.92. The Labute approximate surface area is 182 Å². The summed E-state index contributed by atoms with van der Waals surface area (Å²) >= 11 is 1.21. The molecule has 1 aliphatic rings. The summed E-state index contributed by atoms with van der Waals surface area (Å²) in [6, 6.07) is 10.8. The third-order valence-corrected chi connectivity index (χ3v) is 6.96. The minimum Gasteiger partial charge on any atom is -0.298 e. The Balaban J connectivity index is 1.53. The predicted molar refractivity (Wildman–Crippen MR) is 119 cm³/mol. The van der Waals surface area contributed by atoms with E-state index in [1.165, 1.54) is 34.0 Å². The van der Waals surface area contributed by atoms with Crippen LogP contribution in [-0.4, -0.2) is 36.5 Å². The molecule has 11 heteroatoms. The van der Waals surface area contributed by atoms with Crippen LogP contribution in [0.1, 0.15) is 22.8 Å². The molecule has 2 aromatic carbocycles. The van der Waals surface area contributed by atoms with Gasteiger partial charge in [0.1, 0.15) is 0 Å². The van der Waals surface area contributed by atoms with Gasteiger partial charge in [-0.25, -0.2) is 13.4 Å². The number of carbonyl (C=O) groups is 1. The molecule has 0 radical (unpaired) electrons. The number of aromatic nitrogens is 1. The summed E-state index contributed by atoms with van der Waals surface area (Å²) < 4.78 is 25.5. The van der Waals surface area contributed by atoms with Crippen molar-refractivity contribution in [2.45, 2.75) is 19.4 Å². The van der Waals surface area contributed by atoms with Gasteiger partial charge >= 0.3 is 0 Å². The molecule has 0 unspecified atom stereocenters. The van der Waals surface area contributed by atoms with Gasteiger partial charge in [-0.05, 0) is 37.1 Å². The standard InChI is InChI=1S/C20H18N4O5S2/c1-12-8-15-9-14(6-7-18(15)23(12)31(2,28)29)19(25)22-20-21-17(11-30-20)13-4-3-5-16(10-13)24(26)27/h3-7,9-12H,8H2,1-2H3,(H,21,22,25)/t12-/m1/s1. The van der Waals surface area contributed by atoms with Crippen molar-refractivity contribution in [1.29, 1.82) is 0 Å². The van der Waals surface area contributed by atoms with Crippen LogP contribution in [0, 0.1) is 10.1 Å². The smallest absolute Gasteiger partial charge is 0.270 e. The zero-order valence-corrected chi connectivity index (χ0v) is 18.2. The van der Waals surface area contributed by atoms with Crippen LogP contribution in [-0.2, 0) is 16.4 Å². The minimum atomic E-state index is -3.40. The molecule has 2 heterocycles. The van der Waals surface area contributed by atoms with Gasteiger partial charge in [0.15, 0.2) is 5.13 Å². The minimum absolute atomic E-state index is 0.0356. The maximum Gasteiger partial charge on any atom is 0.270 e. The molecule has 3 aromatic rings. The number of amides is 1. The second kappa shape index (κ2) is 7.75. The largest absolute Gasteiger partial charge is 0.298 e. The van der Waals surface area contributed by atoms with Gasteiger partial charge in [0, 0.05) is 34.7 Å². The average Bonchev–Trinajstić information content (AvgIpc) is 3.30. The number of nitrogens with zero attached hydrogens (tertiary/aromatic N) is 3. The van der Waals surface area contributed by atoms with E-state index >= 15 is 0 Å². The highest BCUT2D eigenvalue weighted by atomic mass is 32.2. The molecule has 1 N–H and O–H groups in total. The number of thiazole rings is 1. The number of sulfonamides is 1. The Morgan fingerprint density at radius 2 is 2.06 bits per heavy atom. The monoisotopic (exact) mass is 458 g/mol. The predicted octanol–water partition coefficient (Wildman–Crippen LogP) is 3.68. The Bertz CT molecular complexity index is 1300. The summed E-state index contributed by atoms with van der Waals surface area (Å²) in [5.41, 5.74) is 2.85. The zero-order chi connectivity index (χ0) is 22.3. The molecule has 0 aliphatic carbocycles.